The van der Waals surface area contributed by atoms with Crippen LogP contribution < -0.4 is 0 Å². The van der Waals surface area contributed by atoms with Crippen molar-refractivity contribution in [2.75, 3.05) is 19.7 Å². The standard InChI is InChI=1S/C20H29N5O/c1-23-8-6-21-20(23)13-24-11-16-9-18(25-7-2-5-22-25)19(10-17(16)12-24)26-14-15-3-4-15/h2,5-8,15-19H,3-4,9-14H2,1H3/t16-,17+,18-,19-/m0/s1. The fraction of sp³-hybridized carbons (Fsp3) is 0.700. The summed E-state index contributed by atoms with van der Waals surface area (Å²) in [6.45, 7) is 4.24. The Morgan fingerprint density at radius 2 is 1.96 bits per heavy atom. The van der Waals surface area contributed by atoms with Gasteiger partial charge in [-0.3, -0.25) is 9.58 Å². The summed E-state index contributed by atoms with van der Waals surface area (Å²) in [6.07, 6.45) is 13.3. The number of likely N-dealkylation sites (tertiary alicyclic amines) is 1. The van der Waals surface area contributed by atoms with Crippen molar-refractivity contribution in [3.8, 4) is 0 Å². The van der Waals surface area contributed by atoms with Gasteiger partial charge in [-0.05, 0) is 49.5 Å². The molecule has 0 spiro atoms. The fourth-order valence-corrected chi connectivity index (χ4v) is 4.84. The molecule has 3 heterocycles. The molecule has 0 unspecified atom stereocenters. The Bertz CT molecular complexity index is 722. The van der Waals surface area contributed by atoms with E-state index in [0.717, 1.165) is 36.7 Å². The van der Waals surface area contributed by atoms with Gasteiger partial charge in [0, 0.05) is 51.5 Å². The van der Waals surface area contributed by atoms with Crippen LogP contribution >= 0.6 is 0 Å². The van der Waals surface area contributed by atoms with Gasteiger partial charge >= 0.3 is 0 Å². The fourth-order valence-electron chi connectivity index (χ4n) is 4.84. The Kier molecular flexibility index (Phi) is 4.33. The van der Waals surface area contributed by atoms with Gasteiger partial charge in [0.25, 0.3) is 0 Å². The zero-order chi connectivity index (χ0) is 17.5. The highest BCUT2D eigenvalue weighted by molar-refractivity contribution is 4.99. The number of rotatable bonds is 6. The molecule has 2 saturated carbocycles. The first-order valence-corrected chi connectivity index (χ1v) is 10.1. The van der Waals surface area contributed by atoms with Crippen molar-refractivity contribution in [1.29, 1.82) is 0 Å². The highest BCUT2D eigenvalue weighted by atomic mass is 16.5. The summed E-state index contributed by atoms with van der Waals surface area (Å²) in [4.78, 5) is 7.09. The number of fused-ring (bicyclic) bond motifs is 1. The first kappa shape index (κ1) is 16.5. The number of ether oxygens (including phenoxy) is 1. The smallest absolute Gasteiger partial charge is 0.122 e. The molecule has 26 heavy (non-hydrogen) atoms. The third-order valence-corrected chi connectivity index (χ3v) is 6.55. The monoisotopic (exact) mass is 355 g/mol. The minimum Gasteiger partial charge on any atom is -0.376 e. The number of nitrogens with zero attached hydrogens (tertiary/aromatic N) is 5. The quantitative estimate of drug-likeness (QED) is 0.799. The second-order valence-corrected chi connectivity index (χ2v) is 8.51. The van der Waals surface area contributed by atoms with E-state index < -0.39 is 0 Å². The topological polar surface area (TPSA) is 48.1 Å². The molecule has 0 N–H and O–H groups in total. The minimum atomic E-state index is 0.310. The van der Waals surface area contributed by atoms with E-state index in [2.05, 4.69) is 37.5 Å². The Morgan fingerprint density at radius 1 is 1.12 bits per heavy atom. The lowest BCUT2D eigenvalue weighted by molar-refractivity contribution is -0.0371. The maximum Gasteiger partial charge on any atom is 0.122 e. The van der Waals surface area contributed by atoms with Gasteiger partial charge in [0.1, 0.15) is 5.82 Å². The highest BCUT2D eigenvalue weighted by Crippen LogP contribution is 2.43. The zero-order valence-electron chi connectivity index (χ0n) is 15.6. The molecular formula is C20H29N5O. The van der Waals surface area contributed by atoms with E-state index in [9.17, 15) is 0 Å². The number of aryl methyl sites for hydroxylation is 1. The molecule has 2 aromatic heterocycles. The van der Waals surface area contributed by atoms with Gasteiger partial charge in [-0.1, -0.05) is 0 Å². The van der Waals surface area contributed by atoms with Gasteiger partial charge in [0.05, 0.1) is 18.7 Å². The van der Waals surface area contributed by atoms with Crippen LogP contribution in [0.15, 0.2) is 30.9 Å². The van der Waals surface area contributed by atoms with Crippen molar-refractivity contribution >= 4 is 0 Å². The minimum absolute atomic E-state index is 0.310. The molecule has 140 valence electrons. The maximum atomic E-state index is 6.42. The van der Waals surface area contributed by atoms with Gasteiger partial charge in [0.2, 0.25) is 0 Å². The van der Waals surface area contributed by atoms with E-state index >= 15 is 0 Å². The van der Waals surface area contributed by atoms with Gasteiger partial charge in [-0.15, -0.1) is 0 Å². The molecular weight excluding hydrogens is 326 g/mol. The van der Waals surface area contributed by atoms with Crippen molar-refractivity contribution in [2.45, 2.75) is 44.4 Å². The van der Waals surface area contributed by atoms with Crippen LogP contribution in [-0.4, -0.2) is 50.0 Å². The zero-order valence-corrected chi connectivity index (χ0v) is 15.6. The third-order valence-electron chi connectivity index (χ3n) is 6.55. The van der Waals surface area contributed by atoms with Crippen LogP contribution in [0.3, 0.4) is 0 Å². The largest absolute Gasteiger partial charge is 0.376 e. The summed E-state index contributed by atoms with van der Waals surface area (Å²) in [7, 11) is 2.08. The average molecular weight is 355 g/mol. The van der Waals surface area contributed by atoms with Crippen LogP contribution in [0.2, 0.25) is 0 Å². The lowest BCUT2D eigenvalue weighted by atomic mass is 9.77. The number of hydrogen-bond acceptors (Lipinski definition) is 4. The van der Waals surface area contributed by atoms with Gasteiger partial charge in [-0.25, -0.2) is 4.98 Å². The molecule has 3 aliphatic rings. The summed E-state index contributed by atoms with van der Waals surface area (Å²) in [6, 6.07) is 2.42. The van der Waals surface area contributed by atoms with Crippen molar-refractivity contribution in [3.63, 3.8) is 0 Å². The van der Waals surface area contributed by atoms with Gasteiger partial charge in [-0.2, -0.15) is 5.10 Å². The lowest BCUT2D eigenvalue weighted by Gasteiger charge is -2.38. The van der Waals surface area contributed by atoms with Crippen LogP contribution in [0.25, 0.3) is 0 Å². The number of hydrogen-bond donors (Lipinski definition) is 0. The lowest BCUT2D eigenvalue weighted by Crippen LogP contribution is -2.38. The van der Waals surface area contributed by atoms with Gasteiger partial charge in [0.15, 0.2) is 0 Å². The maximum absolute atomic E-state index is 6.42. The van der Waals surface area contributed by atoms with Crippen molar-refractivity contribution in [3.05, 3.63) is 36.7 Å². The molecule has 5 rings (SSSR count). The predicted octanol–water partition coefficient (Wildman–Crippen LogP) is 2.49. The SMILES string of the molecule is Cn1ccnc1CN1C[C@H]2C[C@H](OCC3CC3)[C@@H](n3cccn3)C[C@H]2C1. The molecule has 0 aromatic carbocycles. The molecule has 6 nitrogen and oxygen atoms in total. The van der Waals surface area contributed by atoms with E-state index in [1.807, 2.05) is 24.7 Å². The summed E-state index contributed by atoms with van der Waals surface area (Å²) in [5, 5.41) is 4.55. The second kappa shape index (κ2) is 6.82. The average Bonchev–Trinajstić information content (AvgIpc) is 3.00. The van der Waals surface area contributed by atoms with Crippen molar-refractivity contribution in [2.24, 2.45) is 24.8 Å². The predicted molar refractivity (Wildman–Crippen MR) is 98.4 cm³/mol. The molecule has 1 aliphatic heterocycles. The Morgan fingerprint density at radius 3 is 2.65 bits per heavy atom. The third kappa shape index (κ3) is 3.32. The highest BCUT2D eigenvalue weighted by Gasteiger charge is 2.44. The molecule has 0 bridgehead atoms. The van der Waals surface area contributed by atoms with Crippen LogP contribution in [-0.2, 0) is 18.3 Å². The molecule has 0 amide bonds. The van der Waals surface area contributed by atoms with Gasteiger partial charge < -0.3 is 9.30 Å². The van der Waals surface area contributed by atoms with Crippen LogP contribution in [0.1, 0.15) is 37.5 Å². The first-order chi connectivity index (χ1) is 12.8. The molecule has 2 aliphatic carbocycles. The van der Waals surface area contributed by atoms with E-state index in [-0.39, 0.29) is 0 Å². The first-order valence-electron chi connectivity index (χ1n) is 10.1. The molecule has 3 fully saturated rings. The molecule has 6 heteroatoms. The van der Waals surface area contributed by atoms with Crippen LogP contribution in [0.4, 0.5) is 0 Å². The van der Waals surface area contributed by atoms with E-state index in [1.165, 1.54) is 38.8 Å². The Hall–Kier alpha value is -1.66. The van der Waals surface area contributed by atoms with Crippen molar-refractivity contribution < 1.29 is 4.74 Å². The normalized spacial score (nSPS) is 32.0. The molecule has 1 saturated heterocycles. The van der Waals surface area contributed by atoms with Crippen LogP contribution in [0, 0.1) is 17.8 Å². The van der Waals surface area contributed by atoms with E-state index in [1.54, 1.807) is 0 Å². The van der Waals surface area contributed by atoms with E-state index in [4.69, 9.17) is 4.74 Å². The molecule has 0 radical (unpaired) electrons. The molecule has 4 atom stereocenters. The Balaban J connectivity index is 1.28. The summed E-state index contributed by atoms with van der Waals surface area (Å²) < 4.78 is 10.7. The number of imidazole rings is 1. The number of aromatic nitrogens is 4. The Labute approximate surface area is 155 Å². The van der Waals surface area contributed by atoms with E-state index in [0.29, 0.717) is 12.1 Å². The summed E-state index contributed by atoms with van der Waals surface area (Å²) >= 11 is 0. The van der Waals surface area contributed by atoms with Crippen LogP contribution in [0.5, 0.6) is 0 Å². The summed E-state index contributed by atoms with van der Waals surface area (Å²) in [5.74, 6) is 3.46. The molecule has 2 aromatic rings. The van der Waals surface area contributed by atoms with Crippen molar-refractivity contribution in [1.82, 2.24) is 24.2 Å². The summed E-state index contributed by atoms with van der Waals surface area (Å²) in [5.41, 5.74) is 0. The second-order valence-electron chi connectivity index (χ2n) is 8.51.